The van der Waals surface area contributed by atoms with Crippen LogP contribution in [-0.4, -0.2) is 41.2 Å². The number of hydrogen-bond acceptors (Lipinski definition) is 5. The number of nitrogens with zero attached hydrogens (tertiary/aromatic N) is 1. The summed E-state index contributed by atoms with van der Waals surface area (Å²) in [6.07, 6.45) is 2.28. The Bertz CT molecular complexity index is 1170. The number of pyridine rings is 1. The van der Waals surface area contributed by atoms with Crippen LogP contribution in [0, 0.1) is 5.92 Å². The molecular weight excluding hydrogens is 501 g/mol. The first-order valence-corrected chi connectivity index (χ1v) is 12.4. The van der Waals surface area contributed by atoms with Crippen molar-refractivity contribution in [3.63, 3.8) is 0 Å². The van der Waals surface area contributed by atoms with Crippen LogP contribution in [0.25, 0.3) is 11.1 Å². The maximum atomic E-state index is 12.1. The molecule has 0 aliphatic heterocycles. The molecule has 1 amide bonds. The van der Waals surface area contributed by atoms with Gasteiger partial charge in [0.15, 0.2) is 0 Å². The van der Waals surface area contributed by atoms with E-state index in [0.29, 0.717) is 34.0 Å². The van der Waals surface area contributed by atoms with Crippen molar-refractivity contribution in [1.29, 1.82) is 0 Å². The molecule has 0 aliphatic carbocycles. The summed E-state index contributed by atoms with van der Waals surface area (Å²) < 4.78 is 6.07. The fraction of sp³-hybridized carbons (Fsp3) is 0.296. The Hall–Kier alpha value is -3.29. The van der Waals surface area contributed by atoms with Crippen LogP contribution in [0.4, 0.5) is 5.82 Å². The quantitative estimate of drug-likeness (QED) is 0.259. The molecule has 2 aromatic carbocycles. The highest BCUT2D eigenvalue weighted by Gasteiger charge is 2.18. The van der Waals surface area contributed by atoms with Gasteiger partial charge in [0.2, 0.25) is 0 Å². The van der Waals surface area contributed by atoms with Crippen LogP contribution in [0.3, 0.4) is 0 Å². The topological polar surface area (TPSA) is 101 Å². The fourth-order valence-corrected chi connectivity index (χ4v) is 3.98. The molecule has 9 heteroatoms. The monoisotopic (exact) mass is 529 g/mol. The van der Waals surface area contributed by atoms with Crippen LogP contribution in [0.5, 0.6) is 5.75 Å². The third-order valence-corrected chi connectivity index (χ3v) is 6.39. The maximum Gasteiger partial charge on any atom is 0.305 e. The number of ether oxygens (including phenoxy) is 1. The maximum absolute atomic E-state index is 12.1. The standard InChI is InChI=1S/C27H29Cl2N3O4/c1-3-17(2)24(32-25-11-6-19(15-31-25)27(35)30-13-12-26(33)34)16-36-21-8-4-18(5-9-21)22-10-7-20(28)14-23(22)29/h4-11,14-15,17,24H,3,12-13,16H2,1-2H3,(H,30,35)(H,31,32)(H,33,34). The second-order valence-electron chi connectivity index (χ2n) is 8.43. The van der Waals surface area contributed by atoms with Crippen molar-refractivity contribution < 1.29 is 19.4 Å². The molecule has 3 aromatic rings. The lowest BCUT2D eigenvalue weighted by atomic mass is 10.00. The van der Waals surface area contributed by atoms with Crippen LogP contribution < -0.4 is 15.4 Å². The summed E-state index contributed by atoms with van der Waals surface area (Å²) in [5.74, 6) is 0.338. The average Bonchev–Trinajstić information content (AvgIpc) is 2.86. The van der Waals surface area contributed by atoms with Crippen molar-refractivity contribution in [1.82, 2.24) is 10.3 Å². The largest absolute Gasteiger partial charge is 0.491 e. The van der Waals surface area contributed by atoms with Gasteiger partial charge in [0.25, 0.3) is 5.91 Å². The van der Waals surface area contributed by atoms with Gasteiger partial charge in [0, 0.05) is 28.4 Å². The number of carboxylic acids is 1. The van der Waals surface area contributed by atoms with Gasteiger partial charge in [-0.3, -0.25) is 9.59 Å². The predicted octanol–water partition coefficient (Wildman–Crippen LogP) is 6.17. The number of nitrogens with one attached hydrogen (secondary N) is 2. The predicted molar refractivity (Wildman–Crippen MR) is 143 cm³/mol. The van der Waals surface area contributed by atoms with Crippen molar-refractivity contribution >= 4 is 40.9 Å². The van der Waals surface area contributed by atoms with E-state index >= 15 is 0 Å². The summed E-state index contributed by atoms with van der Waals surface area (Å²) in [6, 6.07) is 16.5. The van der Waals surface area contributed by atoms with Crippen molar-refractivity contribution in [2.45, 2.75) is 32.7 Å². The zero-order valence-corrected chi connectivity index (χ0v) is 21.6. The molecule has 0 radical (unpaired) electrons. The molecule has 36 heavy (non-hydrogen) atoms. The summed E-state index contributed by atoms with van der Waals surface area (Å²) in [4.78, 5) is 27.1. The summed E-state index contributed by atoms with van der Waals surface area (Å²) in [7, 11) is 0. The number of halogens is 2. The SMILES string of the molecule is CCC(C)C(COc1ccc(-c2ccc(Cl)cc2Cl)cc1)Nc1ccc(C(=O)NCCC(=O)O)cn1. The van der Waals surface area contributed by atoms with Gasteiger partial charge < -0.3 is 20.5 Å². The van der Waals surface area contributed by atoms with Gasteiger partial charge in [0.05, 0.1) is 18.0 Å². The van der Waals surface area contributed by atoms with Crippen LogP contribution in [0.15, 0.2) is 60.8 Å². The minimum absolute atomic E-state index is 0.0110. The third-order valence-electron chi connectivity index (χ3n) is 5.84. The van der Waals surface area contributed by atoms with Gasteiger partial charge in [-0.1, -0.05) is 61.7 Å². The van der Waals surface area contributed by atoms with E-state index in [0.717, 1.165) is 23.3 Å². The molecule has 0 saturated carbocycles. The number of aromatic nitrogens is 1. The van der Waals surface area contributed by atoms with Crippen LogP contribution in [0.2, 0.25) is 10.0 Å². The Morgan fingerprint density at radius 2 is 1.83 bits per heavy atom. The van der Waals surface area contributed by atoms with E-state index < -0.39 is 5.97 Å². The van der Waals surface area contributed by atoms with Gasteiger partial charge in [-0.15, -0.1) is 0 Å². The Labute approximate surface area is 220 Å². The number of benzene rings is 2. The van der Waals surface area contributed by atoms with Crippen molar-refractivity contribution in [2.75, 3.05) is 18.5 Å². The van der Waals surface area contributed by atoms with E-state index in [2.05, 4.69) is 29.5 Å². The lowest BCUT2D eigenvalue weighted by Gasteiger charge is -2.25. The molecule has 3 N–H and O–H groups in total. The summed E-state index contributed by atoms with van der Waals surface area (Å²) in [6.45, 7) is 4.74. The zero-order valence-electron chi connectivity index (χ0n) is 20.1. The first-order valence-electron chi connectivity index (χ1n) is 11.7. The first-order chi connectivity index (χ1) is 17.3. The van der Waals surface area contributed by atoms with Crippen LogP contribution in [-0.2, 0) is 4.79 Å². The molecule has 0 fully saturated rings. The molecule has 0 bridgehead atoms. The minimum atomic E-state index is -0.965. The van der Waals surface area contributed by atoms with Gasteiger partial charge in [-0.25, -0.2) is 4.98 Å². The number of carboxylic acid groups (broad SMARTS) is 1. The Morgan fingerprint density at radius 1 is 1.08 bits per heavy atom. The van der Waals surface area contributed by atoms with Gasteiger partial charge >= 0.3 is 5.97 Å². The highest BCUT2D eigenvalue weighted by atomic mass is 35.5. The fourth-order valence-electron chi connectivity index (χ4n) is 3.46. The molecule has 190 valence electrons. The van der Waals surface area contributed by atoms with E-state index in [4.69, 9.17) is 33.0 Å². The van der Waals surface area contributed by atoms with E-state index in [1.54, 1.807) is 18.2 Å². The van der Waals surface area contributed by atoms with E-state index in [1.807, 2.05) is 36.4 Å². The van der Waals surface area contributed by atoms with Gasteiger partial charge in [-0.05, 0) is 47.9 Å². The highest BCUT2D eigenvalue weighted by molar-refractivity contribution is 6.36. The Morgan fingerprint density at radius 3 is 2.44 bits per heavy atom. The second-order valence-corrected chi connectivity index (χ2v) is 9.27. The molecule has 2 unspecified atom stereocenters. The van der Waals surface area contributed by atoms with Gasteiger partial charge in [0.1, 0.15) is 18.2 Å². The molecule has 0 aliphatic rings. The highest BCUT2D eigenvalue weighted by Crippen LogP contribution is 2.31. The molecule has 0 saturated heterocycles. The van der Waals surface area contributed by atoms with Gasteiger partial charge in [-0.2, -0.15) is 0 Å². The number of anilines is 1. The van der Waals surface area contributed by atoms with E-state index in [1.165, 1.54) is 6.20 Å². The third kappa shape index (κ3) is 7.86. The Kier molecular flexibility index (Phi) is 9.96. The number of carbonyl (C=O) groups is 2. The molecule has 1 heterocycles. The minimum Gasteiger partial charge on any atom is -0.491 e. The van der Waals surface area contributed by atoms with E-state index in [9.17, 15) is 9.59 Å². The number of aliphatic carboxylic acids is 1. The molecule has 3 rings (SSSR count). The number of rotatable bonds is 12. The average molecular weight is 530 g/mol. The summed E-state index contributed by atoms with van der Waals surface area (Å²) >= 11 is 12.3. The zero-order chi connectivity index (χ0) is 26.1. The van der Waals surface area contributed by atoms with Crippen LogP contribution >= 0.6 is 23.2 Å². The van der Waals surface area contributed by atoms with E-state index in [-0.39, 0.29) is 24.9 Å². The first kappa shape index (κ1) is 27.3. The molecule has 1 aromatic heterocycles. The summed E-state index contributed by atoms with van der Waals surface area (Å²) in [5.41, 5.74) is 2.23. The number of hydrogen-bond donors (Lipinski definition) is 3. The van der Waals surface area contributed by atoms with Crippen LogP contribution in [0.1, 0.15) is 37.0 Å². The lowest BCUT2D eigenvalue weighted by Crippen LogP contribution is -2.33. The number of amides is 1. The molecule has 0 spiro atoms. The molecular formula is C27H29Cl2N3O4. The van der Waals surface area contributed by atoms with Crippen molar-refractivity contribution in [2.24, 2.45) is 5.92 Å². The Balaban J connectivity index is 1.60. The normalized spacial score (nSPS) is 12.4. The lowest BCUT2D eigenvalue weighted by molar-refractivity contribution is -0.136. The van der Waals surface area contributed by atoms with Crippen molar-refractivity contribution in [3.05, 3.63) is 76.4 Å². The number of carbonyl (C=O) groups excluding carboxylic acids is 1. The summed E-state index contributed by atoms with van der Waals surface area (Å²) in [5, 5.41) is 15.8. The smallest absolute Gasteiger partial charge is 0.305 e. The molecule has 7 nitrogen and oxygen atoms in total. The second kappa shape index (κ2) is 13.1. The molecule has 2 atom stereocenters. The van der Waals surface area contributed by atoms with Crippen molar-refractivity contribution in [3.8, 4) is 16.9 Å².